The van der Waals surface area contributed by atoms with Crippen molar-refractivity contribution in [1.29, 1.82) is 0 Å². The number of carbonyl (C=O) groups is 1. The Bertz CT molecular complexity index is 837. The number of ether oxygens (including phenoxy) is 1. The van der Waals surface area contributed by atoms with Crippen molar-refractivity contribution in [3.63, 3.8) is 0 Å². The summed E-state index contributed by atoms with van der Waals surface area (Å²) in [6.07, 6.45) is 2.44. The molecule has 0 aliphatic heterocycles. The van der Waals surface area contributed by atoms with Crippen LogP contribution in [0.2, 0.25) is 0 Å². The minimum atomic E-state index is -0.180. The summed E-state index contributed by atoms with van der Waals surface area (Å²) in [6, 6.07) is 3.96. The molecule has 3 aromatic rings. The number of imidazole rings is 1. The van der Waals surface area contributed by atoms with Gasteiger partial charge in [0.2, 0.25) is 0 Å². The molecule has 2 aromatic heterocycles. The third-order valence-electron chi connectivity index (χ3n) is 3.79. The summed E-state index contributed by atoms with van der Waals surface area (Å²) in [5.74, 6) is 1.18. The highest BCUT2D eigenvalue weighted by Gasteiger charge is 2.19. The van der Waals surface area contributed by atoms with Gasteiger partial charge in [-0.1, -0.05) is 6.92 Å². The van der Waals surface area contributed by atoms with E-state index < -0.39 is 0 Å². The molecule has 0 saturated heterocycles. The second-order valence-electron chi connectivity index (χ2n) is 5.90. The van der Waals surface area contributed by atoms with Gasteiger partial charge in [-0.15, -0.1) is 0 Å². The number of fused-ring (bicyclic) bond motifs is 1. The molecule has 0 unspecified atom stereocenters. The summed E-state index contributed by atoms with van der Waals surface area (Å²) in [5.41, 5.74) is 3.73. The lowest BCUT2D eigenvalue weighted by Gasteiger charge is -2.07. The molecule has 126 valence electrons. The topological polar surface area (TPSA) is 95.7 Å². The van der Waals surface area contributed by atoms with Gasteiger partial charge >= 0.3 is 0 Å². The van der Waals surface area contributed by atoms with E-state index in [9.17, 15) is 4.79 Å². The lowest BCUT2D eigenvalue weighted by molar-refractivity contribution is 0.0944. The first-order valence-electron chi connectivity index (χ1n) is 7.95. The quantitative estimate of drug-likeness (QED) is 0.671. The van der Waals surface area contributed by atoms with Gasteiger partial charge in [-0.05, 0) is 31.9 Å². The number of nitrogens with zero attached hydrogens (tertiary/aromatic N) is 2. The summed E-state index contributed by atoms with van der Waals surface area (Å²) >= 11 is 0. The number of hydrogen-bond donors (Lipinski definition) is 3. The number of hydrogen-bond acceptors (Lipinski definition) is 4. The number of amides is 1. The maximum Gasteiger partial charge on any atom is 0.255 e. The van der Waals surface area contributed by atoms with Gasteiger partial charge in [-0.2, -0.15) is 5.10 Å². The number of aromatic amines is 2. The van der Waals surface area contributed by atoms with Crippen LogP contribution >= 0.6 is 0 Å². The molecule has 7 heteroatoms. The molecule has 7 nitrogen and oxygen atoms in total. The van der Waals surface area contributed by atoms with Crippen molar-refractivity contribution in [2.24, 2.45) is 0 Å². The van der Waals surface area contributed by atoms with Gasteiger partial charge in [-0.3, -0.25) is 9.89 Å². The van der Waals surface area contributed by atoms with Gasteiger partial charge in [0.15, 0.2) is 5.82 Å². The fourth-order valence-electron chi connectivity index (χ4n) is 2.64. The van der Waals surface area contributed by atoms with Crippen molar-refractivity contribution in [3.05, 3.63) is 29.5 Å². The van der Waals surface area contributed by atoms with E-state index in [1.807, 2.05) is 26.0 Å². The summed E-state index contributed by atoms with van der Waals surface area (Å²) in [4.78, 5) is 20.1. The van der Waals surface area contributed by atoms with E-state index in [4.69, 9.17) is 4.74 Å². The number of aromatic nitrogens is 4. The molecular weight excluding hydrogens is 306 g/mol. The van der Waals surface area contributed by atoms with Crippen molar-refractivity contribution in [2.75, 3.05) is 7.11 Å². The highest BCUT2D eigenvalue weighted by atomic mass is 16.5. The number of carbonyl (C=O) groups excluding carboxylic acids is 1. The summed E-state index contributed by atoms with van der Waals surface area (Å²) in [7, 11) is 1.65. The van der Waals surface area contributed by atoms with Crippen LogP contribution in [-0.2, 0) is 6.42 Å². The van der Waals surface area contributed by atoms with Crippen LogP contribution in [0.3, 0.4) is 0 Å². The third-order valence-corrected chi connectivity index (χ3v) is 3.79. The summed E-state index contributed by atoms with van der Waals surface area (Å²) in [5, 5.41) is 9.79. The smallest absolute Gasteiger partial charge is 0.255 e. The number of nitrogens with one attached hydrogen (secondary N) is 3. The molecule has 0 radical (unpaired) electrons. The lowest BCUT2D eigenvalue weighted by Crippen LogP contribution is -2.30. The predicted molar refractivity (Wildman–Crippen MR) is 92.2 cm³/mol. The zero-order valence-electron chi connectivity index (χ0n) is 14.2. The molecule has 0 atom stereocenters. The molecule has 3 rings (SSSR count). The second-order valence-corrected chi connectivity index (χ2v) is 5.90. The third kappa shape index (κ3) is 2.84. The monoisotopic (exact) mass is 327 g/mol. The Balaban J connectivity index is 2.05. The van der Waals surface area contributed by atoms with E-state index in [0.717, 1.165) is 28.8 Å². The number of rotatable bonds is 5. The van der Waals surface area contributed by atoms with E-state index in [0.29, 0.717) is 17.1 Å². The normalized spacial score (nSPS) is 11.2. The van der Waals surface area contributed by atoms with Crippen LogP contribution < -0.4 is 10.1 Å². The van der Waals surface area contributed by atoms with Crippen LogP contribution in [0.5, 0.6) is 5.75 Å². The van der Waals surface area contributed by atoms with Gasteiger partial charge < -0.3 is 15.0 Å². The number of aryl methyl sites for hydroxylation is 1. The zero-order valence-corrected chi connectivity index (χ0v) is 14.2. The fourth-order valence-corrected chi connectivity index (χ4v) is 2.64. The molecule has 3 N–H and O–H groups in total. The van der Waals surface area contributed by atoms with Gasteiger partial charge in [0.1, 0.15) is 11.4 Å². The molecule has 1 amide bonds. The maximum atomic E-state index is 12.3. The molecule has 0 fully saturated rings. The van der Waals surface area contributed by atoms with Gasteiger partial charge in [0.25, 0.3) is 5.91 Å². The second kappa shape index (κ2) is 6.35. The molecule has 0 aliphatic rings. The van der Waals surface area contributed by atoms with E-state index in [1.165, 1.54) is 0 Å². The largest absolute Gasteiger partial charge is 0.496 e. The maximum absolute atomic E-state index is 12.3. The Kier molecular flexibility index (Phi) is 4.24. The van der Waals surface area contributed by atoms with Crippen molar-refractivity contribution in [3.8, 4) is 17.3 Å². The first-order chi connectivity index (χ1) is 11.5. The van der Waals surface area contributed by atoms with Crippen molar-refractivity contribution in [1.82, 2.24) is 25.5 Å². The van der Waals surface area contributed by atoms with E-state index >= 15 is 0 Å². The lowest BCUT2D eigenvalue weighted by atomic mass is 10.1. The molecular formula is C17H21N5O2. The van der Waals surface area contributed by atoms with E-state index in [1.54, 1.807) is 13.3 Å². The molecule has 1 aromatic carbocycles. The highest BCUT2D eigenvalue weighted by Crippen LogP contribution is 2.28. The van der Waals surface area contributed by atoms with E-state index in [2.05, 4.69) is 32.4 Å². The van der Waals surface area contributed by atoms with Crippen LogP contribution in [0.15, 0.2) is 18.3 Å². The summed E-state index contributed by atoms with van der Waals surface area (Å²) < 4.78 is 5.41. The summed E-state index contributed by atoms with van der Waals surface area (Å²) in [6.45, 7) is 5.90. The Morgan fingerprint density at radius 1 is 1.38 bits per heavy atom. The van der Waals surface area contributed by atoms with Crippen LogP contribution in [0.4, 0.5) is 0 Å². The average Bonchev–Trinajstić information content (AvgIpc) is 3.18. The number of H-pyrrole nitrogens is 2. The Labute approximate surface area is 139 Å². The van der Waals surface area contributed by atoms with E-state index in [-0.39, 0.29) is 11.9 Å². The van der Waals surface area contributed by atoms with Crippen molar-refractivity contribution in [2.45, 2.75) is 33.2 Å². The average molecular weight is 327 g/mol. The molecule has 0 aliphatic carbocycles. The molecule has 24 heavy (non-hydrogen) atoms. The Morgan fingerprint density at radius 3 is 2.83 bits per heavy atom. The number of benzene rings is 1. The first kappa shape index (κ1) is 16.0. The molecule has 2 heterocycles. The minimum absolute atomic E-state index is 0.0484. The molecule has 0 bridgehead atoms. The first-order valence-corrected chi connectivity index (χ1v) is 7.95. The van der Waals surface area contributed by atoms with Gasteiger partial charge in [-0.25, -0.2) is 4.98 Å². The minimum Gasteiger partial charge on any atom is -0.496 e. The zero-order chi connectivity index (χ0) is 17.3. The van der Waals surface area contributed by atoms with Crippen molar-refractivity contribution < 1.29 is 9.53 Å². The SMILES string of the molecule is CCc1cc2[nH]c(-c3n[nH]cc3C(=O)NC(C)C)nc2cc1OC. The molecule has 0 spiro atoms. The Morgan fingerprint density at radius 2 is 2.17 bits per heavy atom. The number of methoxy groups -OCH3 is 1. The van der Waals surface area contributed by atoms with Gasteiger partial charge in [0.05, 0.1) is 23.7 Å². The Hall–Kier alpha value is -2.83. The van der Waals surface area contributed by atoms with Crippen LogP contribution in [0.1, 0.15) is 36.7 Å². The van der Waals surface area contributed by atoms with Crippen LogP contribution in [0.25, 0.3) is 22.6 Å². The predicted octanol–water partition coefficient (Wildman–Crippen LogP) is 2.66. The van der Waals surface area contributed by atoms with Crippen molar-refractivity contribution >= 4 is 16.9 Å². The van der Waals surface area contributed by atoms with Crippen LogP contribution in [0, 0.1) is 0 Å². The van der Waals surface area contributed by atoms with Gasteiger partial charge in [0, 0.05) is 18.3 Å². The highest BCUT2D eigenvalue weighted by molar-refractivity contribution is 5.99. The molecule has 0 saturated carbocycles. The standard InChI is InChI=1S/C17H21N5O2/c1-5-10-6-12-13(7-14(10)24-4)21-16(20-12)15-11(8-18-22-15)17(23)19-9(2)3/h6-9H,5H2,1-4H3,(H,18,22)(H,19,23)(H,20,21). The van der Waals surface area contributed by atoms with Crippen LogP contribution in [-0.4, -0.2) is 39.2 Å². The fraction of sp³-hybridized carbons (Fsp3) is 0.353.